The SMILES string of the molecule is Cc1cc2c3c(c1)N(c1ccc(C(C)(C)C)cc1-c1ccccc1)c1cc4c(cc1B3c1sc3ccccc3c1N2C1=CCC(C(C)(C)C)C=C1)C(C)(C)CCC4(C)C. The molecule has 0 spiro atoms. The first-order chi connectivity index (χ1) is 27.9. The van der Waals surface area contributed by atoms with Crippen LogP contribution in [-0.4, -0.2) is 6.71 Å². The number of hydrogen-bond acceptors (Lipinski definition) is 3. The second kappa shape index (κ2) is 13.1. The third kappa shape index (κ3) is 6.02. The second-order valence-electron chi connectivity index (χ2n) is 21.4. The monoisotopic (exact) mass is 790 g/mol. The summed E-state index contributed by atoms with van der Waals surface area (Å²) in [5.41, 5.74) is 19.2. The summed E-state index contributed by atoms with van der Waals surface area (Å²) in [4.78, 5) is 5.34. The molecular formula is C55H59BN2S. The molecule has 4 aliphatic rings. The fraction of sp³-hybridized carbons (Fsp3) is 0.345. The van der Waals surface area contributed by atoms with E-state index in [1.807, 2.05) is 11.3 Å². The Bertz CT molecular complexity index is 2750. The summed E-state index contributed by atoms with van der Waals surface area (Å²) in [6.45, 7) is 26.4. The minimum Gasteiger partial charge on any atom is -0.311 e. The predicted molar refractivity (Wildman–Crippen MR) is 259 cm³/mol. The molecule has 1 unspecified atom stereocenters. The van der Waals surface area contributed by atoms with Gasteiger partial charge in [-0.05, 0) is 135 Å². The van der Waals surface area contributed by atoms with Gasteiger partial charge < -0.3 is 9.80 Å². The van der Waals surface area contributed by atoms with E-state index in [1.54, 1.807) is 0 Å². The largest absolute Gasteiger partial charge is 0.311 e. The molecule has 2 aliphatic carbocycles. The van der Waals surface area contributed by atoms with Crippen molar-refractivity contribution in [3.05, 3.63) is 143 Å². The molecule has 59 heavy (non-hydrogen) atoms. The molecule has 2 nitrogen and oxygen atoms in total. The zero-order chi connectivity index (χ0) is 41.4. The molecule has 0 radical (unpaired) electrons. The number of aryl methyl sites for hydroxylation is 1. The number of thiophene rings is 1. The first-order valence-corrected chi connectivity index (χ1v) is 22.8. The first-order valence-electron chi connectivity index (χ1n) is 22.0. The van der Waals surface area contributed by atoms with Crippen molar-refractivity contribution < 1.29 is 0 Å². The quantitative estimate of drug-likeness (QED) is 0.165. The minimum atomic E-state index is 0.00938. The summed E-state index contributed by atoms with van der Waals surface area (Å²) in [6, 6.07) is 37.9. The number of nitrogens with zero attached hydrogens (tertiary/aromatic N) is 2. The van der Waals surface area contributed by atoms with Gasteiger partial charge >= 0.3 is 0 Å². The Kier molecular flexibility index (Phi) is 8.53. The van der Waals surface area contributed by atoms with Gasteiger partial charge in [-0.15, -0.1) is 11.3 Å². The number of fused-ring (bicyclic) bond motifs is 7. The van der Waals surface area contributed by atoms with Gasteiger partial charge in [0.05, 0.1) is 11.4 Å². The number of hydrogen-bond donors (Lipinski definition) is 0. The van der Waals surface area contributed by atoms with E-state index in [4.69, 9.17) is 0 Å². The number of benzene rings is 5. The third-order valence-corrected chi connectivity index (χ3v) is 15.5. The van der Waals surface area contributed by atoms with E-state index in [0.29, 0.717) is 5.92 Å². The molecule has 6 aromatic rings. The van der Waals surface area contributed by atoms with Crippen LogP contribution in [0.1, 0.15) is 111 Å². The van der Waals surface area contributed by atoms with E-state index in [2.05, 4.69) is 201 Å². The molecule has 0 saturated carbocycles. The lowest BCUT2D eigenvalue weighted by Gasteiger charge is -2.47. The highest BCUT2D eigenvalue weighted by Crippen LogP contribution is 2.53. The van der Waals surface area contributed by atoms with Crippen molar-refractivity contribution in [2.45, 2.75) is 112 Å². The Labute approximate surface area is 357 Å². The second-order valence-corrected chi connectivity index (χ2v) is 22.5. The molecule has 0 fully saturated rings. The van der Waals surface area contributed by atoms with Crippen LogP contribution >= 0.6 is 11.3 Å². The van der Waals surface area contributed by atoms with Crippen molar-refractivity contribution in [2.24, 2.45) is 11.3 Å². The van der Waals surface area contributed by atoms with Crippen molar-refractivity contribution in [1.29, 1.82) is 0 Å². The molecule has 5 aromatic carbocycles. The van der Waals surface area contributed by atoms with E-state index in [1.165, 1.54) is 106 Å². The van der Waals surface area contributed by atoms with Crippen molar-refractivity contribution in [3.8, 4) is 11.1 Å². The molecule has 3 heterocycles. The molecular weight excluding hydrogens is 731 g/mol. The lowest BCUT2D eigenvalue weighted by atomic mass is 9.35. The van der Waals surface area contributed by atoms with Crippen LogP contribution in [0.4, 0.5) is 28.4 Å². The van der Waals surface area contributed by atoms with E-state index in [-0.39, 0.29) is 28.4 Å². The van der Waals surface area contributed by atoms with Gasteiger partial charge in [-0.25, -0.2) is 0 Å². The van der Waals surface area contributed by atoms with Crippen molar-refractivity contribution in [1.82, 2.24) is 0 Å². The standard InChI is InChI=1S/C55H59BN2S/c1-34-29-46-49-47(30-34)58(44-26-23-37(53(5,6)7)31-40(44)35-17-13-12-14-18-35)45-33-42-41(54(8,9)27-28-55(42,10)11)32-43(45)56(49)51-50(39-19-15-16-20-48(39)59-51)57(46)38-24-21-36(22-25-38)52(2,3)4/h12-21,23-26,29-33,36H,22,27-28H2,1-11H3. The molecule has 0 N–H and O–H groups in total. The van der Waals surface area contributed by atoms with Crippen LogP contribution in [0.5, 0.6) is 0 Å². The zero-order valence-corrected chi connectivity index (χ0v) is 37.9. The lowest BCUT2D eigenvalue weighted by Crippen LogP contribution is -2.61. The number of allylic oxidation sites excluding steroid dienone is 3. The summed E-state index contributed by atoms with van der Waals surface area (Å²) >= 11 is 2.01. The van der Waals surface area contributed by atoms with E-state index >= 15 is 0 Å². The predicted octanol–water partition coefficient (Wildman–Crippen LogP) is 13.8. The van der Waals surface area contributed by atoms with Crippen molar-refractivity contribution >= 4 is 72.3 Å². The van der Waals surface area contributed by atoms with E-state index < -0.39 is 0 Å². The van der Waals surface area contributed by atoms with Gasteiger partial charge in [-0.2, -0.15) is 0 Å². The van der Waals surface area contributed by atoms with E-state index in [0.717, 1.165) is 6.42 Å². The van der Waals surface area contributed by atoms with Gasteiger partial charge in [0.15, 0.2) is 0 Å². The Morgan fingerprint density at radius 1 is 0.695 bits per heavy atom. The molecule has 10 rings (SSSR count). The van der Waals surface area contributed by atoms with Crippen LogP contribution in [0.3, 0.4) is 0 Å². The van der Waals surface area contributed by atoms with Gasteiger partial charge in [-0.3, -0.25) is 0 Å². The highest BCUT2D eigenvalue weighted by Gasteiger charge is 2.48. The van der Waals surface area contributed by atoms with Gasteiger partial charge in [0, 0.05) is 43.2 Å². The van der Waals surface area contributed by atoms with Crippen LogP contribution in [0.15, 0.2) is 121 Å². The highest BCUT2D eigenvalue weighted by atomic mass is 32.1. The lowest BCUT2D eigenvalue weighted by molar-refractivity contribution is 0.293. The maximum absolute atomic E-state index is 2.68. The fourth-order valence-corrected chi connectivity index (χ4v) is 11.9. The maximum Gasteiger partial charge on any atom is 0.264 e. The molecule has 0 saturated heterocycles. The van der Waals surface area contributed by atoms with Gasteiger partial charge in [0.2, 0.25) is 0 Å². The summed E-state index contributed by atoms with van der Waals surface area (Å²) in [6.07, 6.45) is 10.8. The molecule has 0 amide bonds. The molecule has 2 aliphatic heterocycles. The molecule has 298 valence electrons. The van der Waals surface area contributed by atoms with Crippen LogP contribution in [0.25, 0.3) is 21.2 Å². The summed E-state index contributed by atoms with van der Waals surface area (Å²) in [7, 11) is 0. The maximum atomic E-state index is 2.68. The van der Waals surface area contributed by atoms with E-state index in [9.17, 15) is 0 Å². The third-order valence-electron chi connectivity index (χ3n) is 14.3. The summed E-state index contributed by atoms with van der Waals surface area (Å²) < 4.78 is 2.81. The molecule has 1 aromatic heterocycles. The number of anilines is 5. The normalized spacial score (nSPS) is 18.9. The van der Waals surface area contributed by atoms with Crippen molar-refractivity contribution in [2.75, 3.05) is 9.80 Å². The summed E-state index contributed by atoms with van der Waals surface area (Å²) in [5.74, 6) is 0.502. The topological polar surface area (TPSA) is 6.48 Å². The number of rotatable bonds is 3. The summed E-state index contributed by atoms with van der Waals surface area (Å²) in [5, 5.41) is 1.35. The Morgan fingerprint density at radius 3 is 2.02 bits per heavy atom. The minimum absolute atomic E-state index is 0.00938. The fourth-order valence-electron chi connectivity index (χ4n) is 10.6. The molecule has 0 bridgehead atoms. The van der Waals surface area contributed by atoms with Crippen molar-refractivity contribution in [3.63, 3.8) is 0 Å². The molecule has 4 heteroatoms. The van der Waals surface area contributed by atoms with Gasteiger partial charge in [0.25, 0.3) is 6.71 Å². The Hall–Kier alpha value is -4.80. The average molecular weight is 791 g/mol. The first kappa shape index (κ1) is 38.4. The smallest absolute Gasteiger partial charge is 0.264 e. The van der Waals surface area contributed by atoms with Crippen LogP contribution < -0.4 is 25.5 Å². The van der Waals surface area contributed by atoms with Crippen LogP contribution in [0, 0.1) is 18.3 Å². The van der Waals surface area contributed by atoms with Crippen LogP contribution in [0.2, 0.25) is 0 Å². The molecule has 1 atom stereocenters. The zero-order valence-electron chi connectivity index (χ0n) is 37.0. The Balaban J connectivity index is 1.32. The van der Waals surface area contributed by atoms with Crippen LogP contribution in [-0.2, 0) is 16.2 Å². The van der Waals surface area contributed by atoms with Gasteiger partial charge in [0.1, 0.15) is 0 Å². The average Bonchev–Trinajstić information content (AvgIpc) is 3.58. The van der Waals surface area contributed by atoms with Gasteiger partial charge in [-0.1, -0.05) is 142 Å². The highest BCUT2D eigenvalue weighted by molar-refractivity contribution is 7.33. The Morgan fingerprint density at radius 2 is 1.36 bits per heavy atom.